The Labute approximate surface area is 222 Å². The van der Waals surface area contributed by atoms with E-state index in [9.17, 15) is 4.79 Å². The number of nitrogens with one attached hydrogen (secondary N) is 2. The number of rotatable bonds is 7. The highest BCUT2D eigenvalue weighted by Gasteiger charge is 2.41. The van der Waals surface area contributed by atoms with E-state index < -0.39 is 0 Å². The Bertz CT molecular complexity index is 1420. The van der Waals surface area contributed by atoms with Crippen LogP contribution in [0.4, 0.5) is 5.69 Å². The van der Waals surface area contributed by atoms with Crippen LogP contribution >= 0.6 is 12.2 Å². The quantitative estimate of drug-likeness (QED) is 0.333. The molecule has 8 heteroatoms. The lowest BCUT2D eigenvalue weighted by atomic mass is 9.96. The van der Waals surface area contributed by atoms with Gasteiger partial charge < -0.3 is 20.1 Å². The van der Waals surface area contributed by atoms with Crippen LogP contribution in [0.2, 0.25) is 0 Å². The van der Waals surface area contributed by atoms with Crippen molar-refractivity contribution in [2.75, 3.05) is 11.9 Å². The second-order valence-electron chi connectivity index (χ2n) is 9.31. The van der Waals surface area contributed by atoms with Gasteiger partial charge in [0.2, 0.25) is 5.91 Å². The molecule has 0 saturated carbocycles. The molecule has 1 aliphatic heterocycles. The molecule has 4 aromatic rings. The van der Waals surface area contributed by atoms with Crippen molar-refractivity contribution in [2.24, 2.45) is 0 Å². The smallest absolute Gasteiger partial charge is 0.226 e. The Morgan fingerprint density at radius 1 is 1.05 bits per heavy atom. The van der Waals surface area contributed by atoms with E-state index in [4.69, 9.17) is 12.2 Å². The van der Waals surface area contributed by atoms with Gasteiger partial charge in [0.25, 0.3) is 0 Å². The predicted molar refractivity (Wildman–Crippen MR) is 150 cm³/mol. The van der Waals surface area contributed by atoms with Crippen molar-refractivity contribution in [3.8, 4) is 5.69 Å². The van der Waals surface area contributed by atoms with Gasteiger partial charge in [0.1, 0.15) is 0 Å². The van der Waals surface area contributed by atoms with E-state index in [1.807, 2.05) is 61.7 Å². The summed E-state index contributed by atoms with van der Waals surface area (Å²) in [6, 6.07) is 19.6. The van der Waals surface area contributed by atoms with Crippen molar-refractivity contribution in [2.45, 2.75) is 39.3 Å². The van der Waals surface area contributed by atoms with Crippen LogP contribution in [0.5, 0.6) is 0 Å². The summed E-state index contributed by atoms with van der Waals surface area (Å²) in [7, 11) is 0. The average molecular weight is 511 g/mol. The lowest BCUT2D eigenvalue weighted by molar-refractivity contribution is -0.116. The van der Waals surface area contributed by atoms with Gasteiger partial charge in [-0.3, -0.25) is 14.8 Å². The number of carbonyl (C=O) groups is 1. The largest absolute Gasteiger partial charge is 0.352 e. The van der Waals surface area contributed by atoms with Gasteiger partial charge in [-0.15, -0.1) is 0 Å². The van der Waals surface area contributed by atoms with Crippen molar-refractivity contribution in [3.05, 3.63) is 107 Å². The number of pyridine rings is 2. The molecule has 0 aliphatic carbocycles. The number of benzene rings is 1. The monoisotopic (exact) mass is 510 g/mol. The molecule has 1 saturated heterocycles. The highest BCUT2D eigenvalue weighted by molar-refractivity contribution is 7.80. The zero-order valence-corrected chi connectivity index (χ0v) is 22.0. The molecule has 2 atom stereocenters. The van der Waals surface area contributed by atoms with Crippen LogP contribution in [0, 0.1) is 20.8 Å². The van der Waals surface area contributed by atoms with E-state index in [1.54, 1.807) is 12.4 Å². The molecule has 37 heavy (non-hydrogen) atoms. The number of anilines is 1. The summed E-state index contributed by atoms with van der Waals surface area (Å²) in [6.07, 6.45) is 5.75. The van der Waals surface area contributed by atoms with Crippen molar-refractivity contribution in [1.82, 2.24) is 24.8 Å². The molecule has 7 nitrogen and oxygen atoms in total. The van der Waals surface area contributed by atoms with Gasteiger partial charge >= 0.3 is 0 Å². The Balaban J connectivity index is 1.47. The van der Waals surface area contributed by atoms with Crippen molar-refractivity contribution < 1.29 is 4.79 Å². The van der Waals surface area contributed by atoms with Gasteiger partial charge in [-0.25, -0.2) is 0 Å². The first-order valence-corrected chi connectivity index (χ1v) is 12.8. The third-order valence-electron chi connectivity index (χ3n) is 6.89. The number of carbonyl (C=O) groups excluding carboxylic acids is 1. The lowest BCUT2D eigenvalue weighted by Gasteiger charge is -2.28. The molecule has 4 heterocycles. The third-order valence-corrected chi connectivity index (χ3v) is 7.24. The highest BCUT2D eigenvalue weighted by atomic mass is 32.1. The van der Waals surface area contributed by atoms with Gasteiger partial charge in [0.05, 0.1) is 29.7 Å². The summed E-state index contributed by atoms with van der Waals surface area (Å²) >= 11 is 5.81. The summed E-state index contributed by atoms with van der Waals surface area (Å²) < 4.78 is 2.21. The molecular weight excluding hydrogens is 480 g/mol. The lowest BCUT2D eigenvalue weighted by Crippen LogP contribution is -2.33. The van der Waals surface area contributed by atoms with Crippen LogP contribution in [-0.4, -0.2) is 37.0 Å². The molecule has 0 spiro atoms. The summed E-state index contributed by atoms with van der Waals surface area (Å²) in [5.74, 6) is -0.0435. The zero-order valence-electron chi connectivity index (χ0n) is 21.2. The summed E-state index contributed by atoms with van der Waals surface area (Å²) in [5.41, 5.74) is 7.14. The van der Waals surface area contributed by atoms with Crippen LogP contribution in [0.3, 0.4) is 0 Å². The van der Waals surface area contributed by atoms with Crippen molar-refractivity contribution >= 4 is 28.9 Å². The standard InChI is InChI=1S/C29H30N6OS/c1-19-9-4-5-11-24(19)32-26(36)13-16-34-28(27(33-29(34)37)25-12-6-7-15-31-25)23-17-20(2)35(21(23)3)22-10-8-14-30-18-22/h4-12,14-15,17-18,27-28H,13,16H2,1-3H3,(H,32,36)(H,33,37)/t27-,28+/m0/s1. The Hall–Kier alpha value is -4.04. The first-order chi connectivity index (χ1) is 17.9. The van der Waals surface area contributed by atoms with Crippen molar-refractivity contribution in [3.63, 3.8) is 0 Å². The number of hydrogen-bond acceptors (Lipinski definition) is 4. The fraction of sp³-hybridized carbons (Fsp3) is 0.241. The molecule has 2 N–H and O–H groups in total. The van der Waals surface area contributed by atoms with E-state index >= 15 is 0 Å². The molecule has 5 rings (SSSR count). The van der Waals surface area contributed by atoms with E-state index in [0.717, 1.165) is 39.6 Å². The van der Waals surface area contributed by atoms with Gasteiger partial charge in [-0.2, -0.15) is 0 Å². The number of thiocarbonyl (C=S) groups is 1. The van der Waals surface area contributed by atoms with Crippen LogP contribution in [0.1, 0.15) is 46.7 Å². The van der Waals surface area contributed by atoms with Gasteiger partial charge in [0.15, 0.2) is 5.11 Å². The summed E-state index contributed by atoms with van der Waals surface area (Å²) in [5, 5.41) is 7.15. The van der Waals surface area contributed by atoms with Crippen LogP contribution in [-0.2, 0) is 4.79 Å². The van der Waals surface area contributed by atoms with Gasteiger partial charge in [0, 0.05) is 42.4 Å². The average Bonchev–Trinajstić information content (AvgIpc) is 3.39. The number of amides is 1. The van der Waals surface area contributed by atoms with E-state index in [-0.39, 0.29) is 18.0 Å². The van der Waals surface area contributed by atoms with Gasteiger partial charge in [-0.05, 0) is 80.5 Å². The van der Waals surface area contributed by atoms with E-state index in [0.29, 0.717) is 18.1 Å². The minimum atomic E-state index is -0.143. The second kappa shape index (κ2) is 10.5. The molecule has 0 bridgehead atoms. The van der Waals surface area contributed by atoms with E-state index in [1.165, 1.54) is 0 Å². The number of aromatic nitrogens is 3. The molecule has 188 valence electrons. The maximum absolute atomic E-state index is 12.9. The maximum Gasteiger partial charge on any atom is 0.226 e. The minimum absolute atomic E-state index is 0.0435. The maximum atomic E-state index is 12.9. The molecule has 0 unspecified atom stereocenters. The Morgan fingerprint density at radius 3 is 2.59 bits per heavy atom. The molecule has 0 radical (unpaired) electrons. The fourth-order valence-corrected chi connectivity index (χ4v) is 5.43. The molecule has 1 fully saturated rings. The Morgan fingerprint density at radius 2 is 1.86 bits per heavy atom. The molecule has 1 aliphatic rings. The second-order valence-corrected chi connectivity index (χ2v) is 9.69. The molecular formula is C29H30N6OS. The van der Waals surface area contributed by atoms with Crippen LogP contribution in [0.15, 0.2) is 79.3 Å². The van der Waals surface area contributed by atoms with Crippen LogP contribution < -0.4 is 10.6 Å². The van der Waals surface area contributed by atoms with Crippen LogP contribution in [0.25, 0.3) is 5.69 Å². The van der Waals surface area contributed by atoms with E-state index in [2.05, 4.69) is 56.0 Å². The third kappa shape index (κ3) is 4.97. The number of aryl methyl sites for hydroxylation is 2. The SMILES string of the molecule is Cc1ccccc1NC(=O)CCN1C(=S)N[C@@H](c2ccccn2)[C@H]1c1cc(C)n(-c2cccnc2)c1C. The minimum Gasteiger partial charge on any atom is -0.352 e. The highest BCUT2D eigenvalue weighted by Crippen LogP contribution is 2.41. The summed E-state index contributed by atoms with van der Waals surface area (Å²) in [6.45, 7) is 6.68. The molecule has 1 aromatic carbocycles. The predicted octanol–water partition coefficient (Wildman–Crippen LogP) is 5.19. The van der Waals surface area contributed by atoms with Crippen molar-refractivity contribution in [1.29, 1.82) is 0 Å². The molecule has 1 amide bonds. The molecule has 3 aromatic heterocycles. The number of hydrogen-bond donors (Lipinski definition) is 2. The normalized spacial score (nSPS) is 17.1. The summed E-state index contributed by atoms with van der Waals surface area (Å²) in [4.78, 5) is 24.0. The topological polar surface area (TPSA) is 75.1 Å². The number of para-hydroxylation sites is 1. The first-order valence-electron chi connectivity index (χ1n) is 12.4. The van der Waals surface area contributed by atoms with Gasteiger partial charge in [-0.1, -0.05) is 24.3 Å². The Kier molecular flexibility index (Phi) is 7.01. The first kappa shape index (κ1) is 24.6. The number of nitrogens with zero attached hydrogens (tertiary/aromatic N) is 4. The fourth-order valence-electron chi connectivity index (χ4n) is 5.10. The zero-order chi connectivity index (χ0) is 25.9.